The summed E-state index contributed by atoms with van der Waals surface area (Å²) in [5.74, 6) is -0.304. The van der Waals surface area contributed by atoms with Gasteiger partial charge in [0.25, 0.3) is 0 Å². The fraction of sp³-hybridized carbons (Fsp3) is 0.667. The summed E-state index contributed by atoms with van der Waals surface area (Å²) < 4.78 is 17.9. The lowest BCUT2D eigenvalue weighted by atomic mass is 9.77. The normalized spacial score (nSPS) is 29.4. The third-order valence-corrected chi connectivity index (χ3v) is 5.50. The van der Waals surface area contributed by atoms with E-state index < -0.39 is 0 Å². The molecule has 2 aliphatic heterocycles. The summed E-state index contributed by atoms with van der Waals surface area (Å²) in [5.41, 5.74) is 1.31. The van der Waals surface area contributed by atoms with Gasteiger partial charge >= 0.3 is 0 Å². The SMILES string of the molecule is c1ccc(CNC2CCOC23CCC2(CC3)OCCO2)cc1. The highest BCUT2D eigenvalue weighted by Gasteiger charge is 2.52. The van der Waals surface area contributed by atoms with E-state index in [1.165, 1.54) is 5.56 Å². The van der Waals surface area contributed by atoms with Crippen LogP contribution in [0.25, 0.3) is 0 Å². The largest absolute Gasteiger partial charge is 0.373 e. The van der Waals surface area contributed by atoms with E-state index in [1.807, 2.05) is 0 Å². The maximum absolute atomic E-state index is 6.21. The van der Waals surface area contributed by atoms with Gasteiger partial charge in [-0.1, -0.05) is 30.3 Å². The van der Waals surface area contributed by atoms with Gasteiger partial charge in [0.05, 0.1) is 18.8 Å². The van der Waals surface area contributed by atoms with Crippen molar-refractivity contribution in [3.05, 3.63) is 35.9 Å². The van der Waals surface area contributed by atoms with E-state index >= 15 is 0 Å². The van der Waals surface area contributed by atoms with Gasteiger partial charge < -0.3 is 19.5 Å². The number of nitrogens with one attached hydrogen (secondary N) is 1. The first-order valence-electron chi connectivity index (χ1n) is 8.50. The van der Waals surface area contributed by atoms with Crippen molar-refractivity contribution in [2.24, 2.45) is 0 Å². The first-order chi connectivity index (χ1) is 10.8. The van der Waals surface area contributed by atoms with Crippen LogP contribution in [0, 0.1) is 0 Å². The van der Waals surface area contributed by atoms with Crippen molar-refractivity contribution in [1.82, 2.24) is 5.32 Å². The topological polar surface area (TPSA) is 39.7 Å². The minimum absolute atomic E-state index is 0.0185. The van der Waals surface area contributed by atoms with Crippen LogP contribution in [0.5, 0.6) is 0 Å². The van der Waals surface area contributed by atoms with Gasteiger partial charge in [0.1, 0.15) is 0 Å². The van der Waals surface area contributed by atoms with Crippen molar-refractivity contribution in [2.75, 3.05) is 19.8 Å². The van der Waals surface area contributed by atoms with Crippen LogP contribution in [0.2, 0.25) is 0 Å². The molecule has 0 bridgehead atoms. The summed E-state index contributed by atoms with van der Waals surface area (Å²) in [7, 11) is 0. The summed E-state index contributed by atoms with van der Waals surface area (Å²) in [6.45, 7) is 3.25. The number of ether oxygens (including phenoxy) is 3. The second-order valence-corrected chi connectivity index (χ2v) is 6.73. The molecule has 0 amide bonds. The Morgan fingerprint density at radius 3 is 2.36 bits per heavy atom. The molecule has 1 aromatic carbocycles. The summed E-state index contributed by atoms with van der Waals surface area (Å²) in [4.78, 5) is 0. The van der Waals surface area contributed by atoms with E-state index in [4.69, 9.17) is 14.2 Å². The zero-order valence-corrected chi connectivity index (χ0v) is 13.1. The van der Waals surface area contributed by atoms with E-state index in [0.717, 1.165) is 58.5 Å². The lowest BCUT2D eigenvalue weighted by molar-refractivity contribution is -0.206. The van der Waals surface area contributed by atoms with Crippen LogP contribution in [-0.4, -0.2) is 37.3 Å². The molecule has 1 aromatic rings. The van der Waals surface area contributed by atoms with Crippen LogP contribution in [0.4, 0.5) is 0 Å². The average Bonchev–Trinajstić information content (AvgIpc) is 3.17. The molecular formula is C18H25NO3. The Morgan fingerprint density at radius 2 is 1.64 bits per heavy atom. The molecule has 1 aliphatic carbocycles. The number of benzene rings is 1. The van der Waals surface area contributed by atoms with Crippen molar-refractivity contribution in [2.45, 2.75) is 56.1 Å². The molecular weight excluding hydrogens is 278 g/mol. The minimum Gasteiger partial charge on any atom is -0.373 e. The molecule has 1 atom stereocenters. The summed E-state index contributed by atoms with van der Waals surface area (Å²) >= 11 is 0. The molecule has 2 spiro atoms. The molecule has 4 rings (SSSR count). The molecule has 1 unspecified atom stereocenters. The monoisotopic (exact) mass is 303 g/mol. The average molecular weight is 303 g/mol. The highest BCUT2D eigenvalue weighted by atomic mass is 16.7. The Balaban J connectivity index is 1.39. The van der Waals surface area contributed by atoms with Gasteiger partial charge in [-0.25, -0.2) is 0 Å². The van der Waals surface area contributed by atoms with Gasteiger partial charge in [0, 0.05) is 32.0 Å². The molecule has 22 heavy (non-hydrogen) atoms. The number of hydrogen-bond acceptors (Lipinski definition) is 4. The third kappa shape index (κ3) is 2.69. The first kappa shape index (κ1) is 14.6. The van der Waals surface area contributed by atoms with Crippen LogP contribution >= 0.6 is 0 Å². The van der Waals surface area contributed by atoms with Crippen molar-refractivity contribution >= 4 is 0 Å². The lowest BCUT2D eigenvalue weighted by Gasteiger charge is -2.44. The second-order valence-electron chi connectivity index (χ2n) is 6.73. The first-order valence-corrected chi connectivity index (χ1v) is 8.50. The van der Waals surface area contributed by atoms with E-state index in [0.29, 0.717) is 6.04 Å². The second kappa shape index (κ2) is 5.93. The van der Waals surface area contributed by atoms with E-state index in [2.05, 4.69) is 35.6 Å². The van der Waals surface area contributed by atoms with Crippen molar-refractivity contribution in [3.63, 3.8) is 0 Å². The number of rotatable bonds is 3. The van der Waals surface area contributed by atoms with Crippen LogP contribution < -0.4 is 5.32 Å². The van der Waals surface area contributed by atoms with Crippen LogP contribution in [-0.2, 0) is 20.8 Å². The summed E-state index contributed by atoms with van der Waals surface area (Å²) in [6.07, 6.45) is 5.06. The molecule has 0 aromatic heterocycles. The maximum atomic E-state index is 6.21. The zero-order valence-electron chi connectivity index (χ0n) is 13.1. The standard InChI is InChI=1S/C18H25NO3/c1-2-4-15(5-3-1)14-19-16-6-11-20-17(16)7-9-18(10-8-17)21-12-13-22-18/h1-5,16,19H,6-14H2. The lowest BCUT2D eigenvalue weighted by Crippen LogP contribution is -2.53. The van der Waals surface area contributed by atoms with Crippen molar-refractivity contribution in [3.8, 4) is 0 Å². The molecule has 2 heterocycles. The summed E-state index contributed by atoms with van der Waals surface area (Å²) in [5, 5.41) is 3.73. The third-order valence-electron chi connectivity index (χ3n) is 5.50. The molecule has 3 aliphatic rings. The fourth-order valence-corrected chi connectivity index (χ4v) is 4.20. The maximum Gasteiger partial charge on any atom is 0.168 e. The Morgan fingerprint density at radius 1 is 0.909 bits per heavy atom. The van der Waals surface area contributed by atoms with Crippen molar-refractivity contribution in [1.29, 1.82) is 0 Å². The van der Waals surface area contributed by atoms with Gasteiger partial charge in [-0.3, -0.25) is 0 Å². The van der Waals surface area contributed by atoms with Gasteiger partial charge in [0.2, 0.25) is 0 Å². The molecule has 1 saturated carbocycles. The van der Waals surface area contributed by atoms with Crippen molar-refractivity contribution < 1.29 is 14.2 Å². The molecule has 120 valence electrons. The Hall–Kier alpha value is -0.940. The molecule has 3 fully saturated rings. The highest BCUT2D eigenvalue weighted by Crippen LogP contribution is 2.46. The predicted octanol–water partition coefficient (Wildman–Crippen LogP) is 2.62. The smallest absolute Gasteiger partial charge is 0.168 e. The van der Waals surface area contributed by atoms with Gasteiger partial charge in [-0.2, -0.15) is 0 Å². The predicted molar refractivity (Wildman–Crippen MR) is 83.5 cm³/mol. The zero-order chi connectivity index (χ0) is 14.9. The molecule has 4 heteroatoms. The Bertz CT molecular complexity index is 488. The quantitative estimate of drug-likeness (QED) is 0.932. The Labute approximate surface area is 132 Å². The molecule has 2 saturated heterocycles. The van der Waals surface area contributed by atoms with Gasteiger partial charge in [-0.15, -0.1) is 0 Å². The molecule has 0 radical (unpaired) electrons. The summed E-state index contributed by atoms with van der Waals surface area (Å²) in [6, 6.07) is 11.0. The van der Waals surface area contributed by atoms with Gasteiger partial charge in [0.15, 0.2) is 5.79 Å². The van der Waals surface area contributed by atoms with Crippen LogP contribution in [0.3, 0.4) is 0 Å². The molecule has 4 nitrogen and oxygen atoms in total. The van der Waals surface area contributed by atoms with E-state index in [9.17, 15) is 0 Å². The van der Waals surface area contributed by atoms with E-state index in [-0.39, 0.29) is 11.4 Å². The van der Waals surface area contributed by atoms with E-state index in [1.54, 1.807) is 0 Å². The highest BCUT2D eigenvalue weighted by molar-refractivity contribution is 5.15. The van der Waals surface area contributed by atoms with Crippen LogP contribution in [0.15, 0.2) is 30.3 Å². The molecule has 1 N–H and O–H groups in total. The number of hydrogen-bond donors (Lipinski definition) is 1. The fourth-order valence-electron chi connectivity index (χ4n) is 4.20. The minimum atomic E-state index is -0.304. The Kier molecular flexibility index (Phi) is 3.95. The van der Waals surface area contributed by atoms with Gasteiger partial charge in [-0.05, 0) is 24.8 Å². The van der Waals surface area contributed by atoms with Crippen LogP contribution in [0.1, 0.15) is 37.7 Å².